The van der Waals surface area contributed by atoms with Gasteiger partial charge < -0.3 is 5.32 Å². The molecular weight excluding hydrogens is 344 g/mol. The Bertz CT molecular complexity index is 990. The number of carbonyl (C=O) groups is 1. The second kappa shape index (κ2) is 8.15. The minimum atomic E-state index is -0.249. The van der Waals surface area contributed by atoms with Gasteiger partial charge in [0.1, 0.15) is 6.07 Å². The zero-order valence-electron chi connectivity index (χ0n) is 13.8. The molecule has 0 atom stereocenters. The lowest BCUT2D eigenvalue weighted by molar-refractivity contribution is -0.111. The summed E-state index contributed by atoms with van der Waals surface area (Å²) >= 11 is 6.05. The molecule has 0 aliphatic rings. The van der Waals surface area contributed by atoms with Gasteiger partial charge in [0.2, 0.25) is 0 Å². The van der Waals surface area contributed by atoms with Crippen molar-refractivity contribution in [3.8, 4) is 6.07 Å². The molecule has 126 valence electrons. The fourth-order valence-electron chi connectivity index (χ4n) is 2.50. The van der Waals surface area contributed by atoms with Gasteiger partial charge in [0.05, 0.1) is 10.6 Å². The lowest BCUT2D eigenvalue weighted by atomic mass is 10.0. The second-order valence-electron chi connectivity index (χ2n) is 5.60. The molecule has 3 aromatic rings. The van der Waals surface area contributed by atoms with E-state index in [9.17, 15) is 4.79 Å². The van der Waals surface area contributed by atoms with Crippen LogP contribution in [0.2, 0.25) is 5.02 Å². The number of anilines is 1. The monoisotopic (exact) mass is 358 g/mol. The Morgan fingerprint density at radius 3 is 2.23 bits per heavy atom. The van der Waals surface area contributed by atoms with E-state index in [0.29, 0.717) is 21.8 Å². The molecule has 3 rings (SSSR count). The number of hydrogen-bond acceptors (Lipinski definition) is 2. The molecule has 26 heavy (non-hydrogen) atoms. The van der Waals surface area contributed by atoms with Crippen LogP contribution in [-0.2, 0) is 4.79 Å². The van der Waals surface area contributed by atoms with Crippen LogP contribution in [0.15, 0.2) is 78.9 Å². The van der Waals surface area contributed by atoms with E-state index >= 15 is 0 Å². The van der Waals surface area contributed by atoms with Gasteiger partial charge in [-0.3, -0.25) is 4.79 Å². The third-order valence-corrected chi connectivity index (χ3v) is 4.10. The highest BCUT2D eigenvalue weighted by Gasteiger charge is 2.13. The van der Waals surface area contributed by atoms with Crippen molar-refractivity contribution in [2.24, 2.45) is 0 Å². The highest BCUT2D eigenvalue weighted by Crippen LogP contribution is 2.23. The van der Waals surface area contributed by atoms with Crippen LogP contribution in [-0.4, -0.2) is 5.91 Å². The van der Waals surface area contributed by atoms with Crippen LogP contribution >= 0.6 is 11.6 Å². The van der Waals surface area contributed by atoms with Crippen molar-refractivity contribution < 1.29 is 4.79 Å². The molecule has 4 heteroatoms. The summed E-state index contributed by atoms with van der Waals surface area (Å²) in [5.41, 5.74) is 3.19. The number of halogens is 1. The molecule has 3 aromatic carbocycles. The molecule has 0 aliphatic carbocycles. The Morgan fingerprint density at radius 2 is 1.62 bits per heavy atom. The molecule has 3 nitrogen and oxygen atoms in total. The zero-order chi connectivity index (χ0) is 18.4. The maximum atomic E-state index is 12.9. The van der Waals surface area contributed by atoms with Crippen molar-refractivity contribution >= 4 is 34.8 Å². The first-order valence-corrected chi connectivity index (χ1v) is 8.38. The van der Waals surface area contributed by atoms with E-state index < -0.39 is 0 Å². The molecule has 1 N–H and O–H groups in total. The number of nitrogens with one attached hydrogen (secondary N) is 1. The van der Waals surface area contributed by atoms with E-state index in [0.717, 1.165) is 11.1 Å². The topological polar surface area (TPSA) is 52.9 Å². The fraction of sp³-hybridized carbons (Fsp3) is 0. The van der Waals surface area contributed by atoms with E-state index in [1.54, 1.807) is 18.2 Å². The number of carbonyl (C=O) groups excluding carboxylic acids is 1. The van der Waals surface area contributed by atoms with E-state index in [2.05, 4.69) is 5.32 Å². The van der Waals surface area contributed by atoms with Gasteiger partial charge in [-0.05, 0) is 35.4 Å². The van der Waals surface area contributed by atoms with E-state index in [1.165, 1.54) is 0 Å². The molecule has 0 bridgehead atoms. The van der Waals surface area contributed by atoms with E-state index in [4.69, 9.17) is 16.9 Å². The van der Waals surface area contributed by atoms with Crippen molar-refractivity contribution in [1.29, 1.82) is 5.26 Å². The third-order valence-electron chi connectivity index (χ3n) is 3.79. The Kier molecular flexibility index (Phi) is 5.48. The van der Waals surface area contributed by atoms with Gasteiger partial charge in [0.25, 0.3) is 5.91 Å². The number of nitrogens with zero attached hydrogens (tertiary/aromatic N) is 1. The highest BCUT2D eigenvalue weighted by atomic mass is 35.5. The minimum absolute atomic E-state index is 0.249. The molecule has 0 unspecified atom stereocenters. The summed E-state index contributed by atoms with van der Waals surface area (Å²) in [6.45, 7) is 0. The maximum Gasteiger partial charge on any atom is 0.256 e. The molecule has 1 amide bonds. The summed E-state index contributed by atoms with van der Waals surface area (Å²) < 4.78 is 0. The molecule has 0 saturated heterocycles. The summed E-state index contributed by atoms with van der Waals surface area (Å²) in [4.78, 5) is 12.9. The Balaban J connectivity index is 1.94. The van der Waals surface area contributed by atoms with Gasteiger partial charge >= 0.3 is 0 Å². The molecule has 0 fully saturated rings. The van der Waals surface area contributed by atoms with Crippen LogP contribution in [0, 0.1) is 11.3 Å². The molecular formula is C22H15ClN2O. The summed E-state index contributed by atoms with van der Waals surface area (Å²) in [5, 5.41) is 12.1. The molecule has 0 aromatic heterocycles. The first-order valence-electron chi connectivity index (χ1n) is 8.00. The summed E-state index contributed by atoms with van der Waals surface area (Å²) in [6.07, 6.45) is 1.84. The predicted octanol–water partition coefficient (Wildman–Crippen LogP) is 5.39. The second-order valence-corrected chi connectivity index (χ2v) is 6.00. The maximum absolute atomic E-state index is 12.9. The lowest BCUT2D eigenvalue weighted by Gasteiger charge is -2.10. The fourth-order valence-corrected chi connectivity index (χ4v) is 2.72. The van der Waals surface area contributed by atoms with Crippen molar-refractivity contribution in [1.82, 2.24) is 0 Å². The smallest absolute Gasteiger partial charge is 0.256 e. The summed E-state index contributed by atoms with van der Waals surface area (Å²) in [6, 6.07) is 25.9. The van der Waals surface area contributed by atoms with Crippen LogP contribution in [0.1, 0.15) is 16.7 Å². The van der Waals surface area contributed by atoms with Gasteiger partial charge in [0, 0.05) is 11.3 Å². The van der Waals surface area contributed by atoms with E-state index in [1.807, 2.05) is 72.8 Å². The normalized spacial score (nSPS) is 10.8. The number of rotatable bonds is 4. The molecule has 0 radical (unpaired) electrons. The number of benzene rings is 3. The zero-order valence-corrected chi connectivity index (χ0v) is 14.6. The molecule has 0 heterocycles. The standard InChI is InChI=1S/C22H15ClN2O/c23-21-14-19(12-11-18(21)15-24)25-22(26)20(17-9-5-2-6-10-17)13-16-7-3-1-4-8-16/h1-14H,(H,25,26). The van der Waals surface area contributed by atoms with Gasteiger partial charge in [-0.15, -0.1) is 0 Å². The van der Waals surface area contributed by atoms with Gasteiger partial charge in [-0.1, -0.05) is 72.3 Å². The number of amides is 1. The van der Waals surface area contributed by atoms with E-state index in [-0.39, 0.29) is 5.91 Å². The molecule has 0 spiro atoms. The lowest BCUT2D eigenvalue weighted by Crippen LogP contribution is -2.13. The first kappa shape index (κ1) is 17.5. The number of nitriles is 1. The van der Waals surface area contributed by atoms with Gasteiger partial charge in [-0.25, -0.2) is 0 Å². The van der Waals surface area contributed by atoms with Gasteiger partial charge in [-0.2, -0.15) is 5.26 Å². The first-order chi connectivity index (χ1) is 12.7. The Morgan fingerprint density at radius 1 is 0.962 bits per heavy atom. The number of hydrogen-bond donors (Lipinski definition) is 1. The van der Waals surface area contributed by atoms with Crippen LogP contribution in [0.3, 0.4) is 0 Å². The minimum Gasteiger partial charge on any atom is -0.322 e. The average molecular weight is 359 g/mol. The summed E-state index contributed by atoms with van der Waals surface area (Å²) in [7, 11) is 0. The van der Waals surface area contributed by atoms with Crippen LogP contribution < -0.4 is 5.32 Å². The summed E-state index contributed by atoms with van der Waals surface area (Å²) in [5.74, 6) is -0.249. The third kappa shape index (κ3) is 4.18. The quantitative estimate of drug-likeness (QED) is 0.502. The molecule has 0 saturated carbocycles. The van der Waals surface area contributed by atoms with Crippen molar-refractivity contribution in [3.63, 3.8) is 0 Å². The van der Waals surface area contributed by atoms with Crippen molar-refractivity contribution in [2.45, 2.75) is 0 Å². The Labute approximate surface area is 157 Å². The Hall–Kier alpha value is -3.35. The predicted molar refractivity (Wildman–Crippen MR) is 106 cm³/mol. The van der Waals surface area contributed by atoms with Gasteiger partial charge in [0.15, 0.2) is 0 Å². The highest BCUT2D eigenvalue weighted by molar-refractivity contribution is 6.32. The largest absolute Gasteiger partial charge is 0.322 e. The van der Waals surface area contributed by atoms with Crippen LogP contribution in [0.5, 0.6) is 0 Å². The SMILES string of the molecule is N#Cc1ccc(NC(=O)C(=Cc2ccccc2)c2ccccc2)cc1Cl. The van der Waals surface area contributed by atoms with Crippen LogP contribution in [0.25, 0.3) is 11.6 Å². The average Bonchev–Trinajstić information content (AvgIpc) is 2.68. The molecule has 0 aliphatic heterocycles. The van der Waals surface area contributed by atoms with Crippen LogP contribution in [0.4, 0.5) is 5.69 Å². The van der Waals surface area contributed by atoms with Crippen molar-refractivity contribution in [3.05, 3.63) is 101 Å². The van der Waals surface area contributed by atoms with Crippen molar-refractivity contribution in [2.75, 3.05) is 5.32 Å².